The van der Waals surface area contributed by atoms with E-state index < -0.39 is 0 Å². The first kappa shape index (κ1) is 48.0. The Hall–Kier alpha value is -8.32. The zero-order valence-corrected chi connectivity index (χ0v) is 41.3. The molecule has 2 aromatic carbocycles. The highest BCUT2D eigenvalue weighted by Crippen LogP contribution is 2.27. The Labute approximate surface area is 424 Å². The average Bonchev–Trinajstić information content (AvgIpc) is 4.31. The Balaban J connectivity index is 0.000000159. The zero-order valence-electron chi connectivity index (χ0n) is 41.3. The Morgan fingerprint density at radius 3 is 1.28 bits per heavy atom. The lowest BCUT2D eigenvalue weighted by atomic mass is 10.2. The van der Waals surface area contributed by atoms with Crippen LogP contribution in [0.4, 0.5) is 23.3 Å². The van der Waals surface area contributed by atoms with Gasteiger partial charge in [-0.25, -0.2) is 19.3 Å². The number of nitrogens with two attached hydrogens (primary N) is 2. The lowest BCUT2D eigenvalue weighted by Crippen LogP contribution is -2.47. The normalized spacial score (nSPS) is 14.7. The van der Waals surface area contributed by atoms with Gasteiger partial charge < -0.3 is 49.0 Å². The van der Waals surface area contributed by atoms with Crippen LogP contribution in [-0.2, 0) is 22.6 Å². The van der Waals surface area contributed by atoms with Gasteiger partial charge >= 0.3 is 0 Å². The molecular formula is C50H58N18O6. The van der Waals surface area contributed by atoms with Crippen molar-refractivity contribution in [3.8, 4) is 34.7 Å². The van der Waals surface area contributed by atoms with E-state index in [1.807, 2.05) is 45.8 Å². The fourth-order valence-corrected chi connectivity index (χ4v) is 9.18. The second kappa shape index (κ2) is 21.8. The van der Waals surface area contributed by atoms with Crippen LogP contribution in [0.1, 0.15) is 0 Å². The van der Waals surface area contributed by atoms with Gasteiger partial charge in [0.25, 0.3) is 0 Å². The van der Waals surface area contributed by atoms with Gasteiger partial charge in [-0.1, -0.05) is 0 Å². The molecule has 8 aromatic heterocycles. The van der Waals surface area contributed by atoms with Crippen molar-refractivity contribution in [3.05, 3.63) is 97.7 Å². The monoisotopic (exact) mass is 1010 g/mol. The maximum atomic E-state index is 6.21. The number of ether oxygens (including phenoxy) is 4. The molecule has 2 aliphatic heterocycles. The Kier molecular flexibility index (Phi) is 14.1. The number of nitrogen functional groups attached to an aromatic ring is 2. The molecule has 0 atom stereocenters. The molecule has 0 saturated carbocycles. The van der Waals surface area contributed by atoms with Crippen molar-refractivity contribution in [1.29, 1.82) is 0 Å². The minimum atomic E-state index is 0.262. The number of nitrogens with zero attached hydrogens (tertiary/aromatic N) is 16. The summed E-state index contributed by atoms with van der Waals surface area (Å²) in [4.78, 5) is 28.1. The summed E-state index contributed by atoms with van der Waals surface area (Å²) in [6.07, 6.45) is 6.73. The number of methoxy groups -OCH3 is 2. The molecule has 10 aromatic rings. The highest BCUT2D eigenvalue weighted by Gasteiger charge is 2.23. The van der Waals surface area contributed by atoms with Crippen LogP contribution in [0.2, 0.25) is 0 Å². The molecule has 10 heterocycles. The second-order valence-electron chi connectivity index (χ2n) is 17.8. The van der Waals surface area contributed by atoms with E-state index in [4.69, 9.17) is 39.2 Å². The number of furan rings is 2. The summed E-state index contributed by atoms with van der Waals surface area (Å²) in [7, 11) is 3.34. The molecule has 12 rings (SSSR count). The molecule has 0 amide bonds. The van der Waals surface area contributed by atoms with Crippen LogP contribution in [-0.4, -0.2) is 175 Å². The van der Waals surface area contributed by atoms with Crippen molar-refractivity contribution in [3.63, 3.8) is 0 Å². The molecule has 0 bridgehead atoms. The van der Waals surface area contributed by atoms with E-state index in [9.17, 15) is 0 Å². The van der Waals surface area contributed by atoms with E-state index in [1.165, 1.54) is 20.4 Å². The molecule has 2 fully saturated rings. The topological polar surface area (TPSA) is 250 Å². The standard InChI is InChI=1S/2C25H29N9O3/c2*1-35-15-16-36-19-6-4-18(5-7-19)32-11-8-31(9-12-32)10-13-33-23-20(17-27-33)24-28-22(21-3-2-14-37-21)30-34(24)25(26)29-23/h2*2-7,14,17H,8-13,15-16H2,1H3,(H2,26,29). The van der Waals surface area contributed by atoms with E-state index in [1.54, 1.807) is 51.3 Å². The molecule has 384 valence electrons. The van der Waals surface area contributed by atoms with Crippen LogP contribution in [0.3, 0.4) is 0 Å². The summed E-state index contributed by atoms with van der Waals surface area (Å²) in [5.74, 6) is 4.33. The highest BCUT2D eigenvalue weighted by molar-refractivity contribution is 5.91. The van der Waals surface area contributed by atoms with Gasteiger partial charge in [0.1, 0.15) is 24.7 Å². The van der Waals surface area contributed by atoms with E-state index >= 15 is 0 Å². The predicted octanol–water partition coefficient (Wildman–Crippen LogP) is 4.33. The van der Waals surface area contributed by atoms with Gasteiger partial charge in [-0.3, -0.25) is 9.80 Å². The van der Waals surface area contributed by atoms with Gasteiger partial charge in [-0.05, 0) is 72.8 Å². The number of hydrogen-bond donors (Lipinski definition) is 2. The van der Waals surface area contributed by atoms with E-state index in [-0.39, 0.29) is 11.9 Å². The molecule has 24 heteroatoms. The van der Waals surface area contributed by atoms with Gasteiger partial charge in [-0.2, -0.15) is 29.2 Å². The molecule has 2 saturated heterocycles. The van der Waals surface area contributed by atoms with Crippen LogP contribution in [0, 0.1) is 0 Å². The van der Waals surface area contributed by atoms with Crippen LogP contribution in [0.5, 0.6) is 11.5 Å². The van der Waals surface area contributed by atoms with Crippen molar-refractivity contribution in [2.24, 2.45) is 0 Å². The van der Waals surface area contributed by atoms with Crippen LogP contribution < -0.4 is 30.7 Å². The Bertz CT molecular complexity index is 3160. The first-order chi connectivity index (χ1) is 36.4. The summed E-state index contributed by atoms with van der Waals surface area (Å²) in [6.45, 7) is 13.2. The zero-order chi connectivity index (χ0) is 50.4. The van der Waals surface area contributed by atoms with Crippen LogP contribution in [0.15, 0.2) is 107 Å². The largest absolute Gasteiger partial charge is 0.491 e. The SMILES string of the molecule is COCCOc1ccc(N2CCN(CCn3ncc4c3nc(N)n3nc(-c5ccco5)nc43)CC2)cc1.COCCOc1ccc(N2CCN(CCn3ncc4c3nc(N)n3nc(-c5ccco5)nc43)CC2)cc1. The number of hydrogen-bond acceptors (Lipinski definition) is 20. The lowest BCUT2D eigenvalue weighted by molar-refractivity contribution is 0.146. The predicted molar refractivity (Wildman–Crippen MR) is 277 cm³/mol. The maximum Gasteiger partial charge on any atom is 0.225 e. The molecule has 24 nitrogen and oxygen atoms in total. The summed E-state index contributed by atoms with van der Waals surface area (Å²) in [5.41, 5.74) is 17.5. The van der Waals surface area contributed by atoms with Crippen molar-refractivity contribution in [1.82, 2.24) is 68.5 Å². The minimum absolute atomic E-state index is 0.262. The fraction of sp³-hybridized carbons (Fsp3) is 0.360. The summed E-state index contributed by atoms with van der Waals surface area (Å²) < 4.78 is 39.1. The smallest absolute Gasteiger partial charge is 0.225 e. The van der Waals surface area contributed by atoms with Crippen LogP contribution >= 0.6 is 0 Å². The third-order valence-electron chi connectivity index (χ3n) is 13.2. The number of benzene rings is 2. The second-order valence-corrected chi connectivity index (χ2v) is 17.8. The maximum absolute atomic E-state index is 6.21. The molecule has 4 N–H and O–H groups in total. The quantitative estimate of drug-likeness (QED) is 0.114. The first-order valence-electron chi connectivity index (χ1n) is 24.6. The molecular weight excluding hydrogens is 949 g/mol. The molecule has 0 aliphatic carbocycles. The van der Waals surface area contributed by atoms with E-state index in [2.05, 4.69) is 84.2 Å². The van der Waals surface area contributed by atoms with Gasteiger partial charge in [0.05, 0.1) is 62.0 Å². The fourth-order valence-electron chi connectivity index (χ4n) is 9.18. The van der Waals surface area contributed by atoms with Gasteiger partial charge in [0.15, 0.2) is 34.1 Å². The van der Waals surface area contributed by atoms with Gasteiger partial charge in [0, 0.05) is 91.0 Å². The van der Waals surface area contributed by atoms with Crippen molar-refractivity contribution in [2.45, 2.75) is 13.1 Å². The van der Waals surface area contributed by atoms with E-state index in [0.717, 1.165) is 87.7 Å². The third kappa shape index (κ3) is 10.3. The van der Waals surface area contributed by atoms with Gasteiger partial charge in [-0.15, -0.1) is 10.2 Å². The average molecular weight is 1010 g/mol. The Morgan fingerprint density at radius 1 is 0.486 bits per heavy atom. The van der Waals surface area contributed by atoms with Crippen molar-refractivity contribution < 1.29 is 27.8 Å². The number of rotatable bonds is 18. The van der Waals surface area contributed by atoms with Crippen molar-refractivity contribution in [2.75, 3.05) is 127 Å². The van der Waals surface area contributed by atoms with E-state index in [0.29, 0.717) is 85.3 Å². The summed E-state index contributed by atoms with van der Waals surface area (Å²) >= 11 is 0. The molecule has 0 spiro atoms. The number of aromatic nitrogens is 12. The minimum Gasteiger partial charge on any atom is -0.491 e. The number of fused-ring (bicyclic) bond motifs is 6. The van der Waals surface area contributed by atoms with Crippen molar-refractivity contribution >= 4 is 56.6 Å². The van der Waals surface area contributed by atoms with Crippen LogP contribution in [0.25, 0.3) is 56.5 Å². The molecule has 0 unspecified atom stereocenters. The Morgan fingerprint density at radius 2 is 0.905 bits per heavy atom. The summed E-state index contributed by atoms with van der Waals surface area (Å²) in [5, 5.41) is 19.7. The number of anilines is 4. The lowest BCUT2D eigenvalue weighted by Gasteiger charge is -2.36. The van der Waals surface area contributed by atoms with Gasteiger partial charge in [0.2, 0.25) is 23.5 Å². The summed E-state index contributed by atoms with van der Waals surface area (Å²) in [6, 6.07) is 23.8. The first-order valence-corrected chi connectivity index (χ1v) is 24.6. The molecule has 74 heavy (non-hydrogen) atoms. The number of piperazine rings is 2. The molecule has 2 aliphatic rings. The highest BCUT2D eigenvalue weighted by atomic mass is 16.5. The third-order valence-corrected chi connectivity index (χ3v) is 13.2. The molecule has 0 radical (unpaired) electrons.